The first-order valence-electron chi connectivity index (χ1n) is 5.56. The van der Waals surface area contributed by atoms with Crippen molar-refractivity contribution in [2.75, 3.05) is 13.1 Å². The van der Waals surface area contributed by atoms with E-state index in [1.54, 1.807) is 0 Å². The molecule has 0 atom stereocenters. The fourth-order valence-corrected chi connectivity index (χ4v) is 2.31. The van der Waals surface area contributed by atoms with Crippen molar-refractivity contribution in [1.29, 1.82) is 0 Å². The molecule has 1 amide bonds. The third-order valence-corrected chi connectivity index (χ3v) is 3.19. The molecular formula is C12H13N3O. The van der Waals surface area contributed by atoms with Crippen molar-refractivity contribution in [3.63, 3.8) is 0 Å². The summed E-state index contributed by atoms with van der Waals surface area (Å²) < 4.78 is 0. The van der Waals surface area contributed by atoms with Crippen LogP contribution in [-0.4, -0.2) is 34.1 Å². The number of amides is 1. The molecule has 0 unspecified atom stereocenters. The summed E-state index contributed by atoms with van der Waals surface area (Å²) in [5.74, 6) is 0.119. The number of benzene rings is 1. The zero-order valence-corrected chi connectivity index (χ0v) is 9.16. The molecule has 82 valence electrons. The van der Waals surface area contributed by atoms with Gasteiger partial charge in [0, 0.05) is 30.6 Å². The summed E-state index contributed by atoms with van der Waals surface area (Å²) in [5.41, 5.74) is 2.74. The molecule has 0 saturated heterocycles. The number of rotatable bonds is 1. The minimum absolute atomic E-state index is 0.119. The highest BCUT2D eigenvalue weighted by molar-refractivity contribution is 6.07. The van der Waals surface area contributed by atoms with Gasteiger partial charge < -0.3 is 4.90 Å². The van der Waals surface area contributed by atoms with Gasteiger partial charge in [0.15, 0.2) is 0 Å². The van der Waals surface area contributed by atoms with Crippen LogP contribution in [0.2, 0.25) is 0 Å². The van der Waals surface area contributed by atoms with Gasteiger partial charge in [-0.2, -0.15) is 5.10 Å². The SMILES string of the molecule is CCN1CCc2[nH]nc3cccc(c23)C1=O. The summed E-state index contributed by atoms with van der Waals surface area (Å²) >= 11 is 0. The molecule has 4 heteroatoms. The van der Waals surface area contributed by atoms with Crippen molar-refractivity contribution in [3.8, 4) is 0 Å². The topological polar surface area (TPSA) is 49.0 Å². The Kier molecular flexibility index (Phi) is 1.96. The normalized spacial score (nSPS) is 15.6. The van der Waals surface area contributed by atoms with E-state index in [1.807, 2.05) is 30.0 Å². The monoisotopic (exact) mass is 215 g/mol. The number of aromatic nitrogens is 2. The van der Waals surface area contributed by atoms with Gasteiger partial charge in [0.25, 0.3) is 5.91 Å². The first kappa shape index (κ1) is 9.39. The third kappa shape index (κ3) is 1.16. The van der Waals surface area contributed by atoms with Gasteiger partial charge in [0.1, 0.15) is 0 Å². The highest BCUT2D eigenvalue weighted by Crippen LogP contribution is 2.25. The lowest BCUT2D eigenvalue weighted by molar-refractivity contribution is 0.0771. The minimum atomic E-state index is 0.119. The molecule has 0 radical (unpaired) electrons. The van der Waals surface area contributed by atoms with Gasteiger partial charge in [0.2, 0.25) is 0 Å². The molecule has 0 fully saturated rings. The van der Waals surface area contributed by atoms with Crippen molar-refractivity contribution in [2.45, 2.75) is 13.3 Å². The highest BCUT2D eigenvalue weighted by atomic mass is 16.2. The first-order valence-corrected chi connectivity index (χ1v) is 5.56. The number of nitrogens with one attached hydrogen (secondary N) is 1. The van der Waals surface area contributed by atoms with E-state index in [2.05, 4.69) is 10.2 Å². The average molecular weight is 215 g/mol. The second kappa shape index (κ2) is 3.33. The van der Waals surface area contributed by atoms with E-state index < -0.39 is 0 Å². The largest absolute Gasteiger partial charge is 0.339 e. The van der Waals surface area contributed by atoms with Crippen LogP contribution in [0.1, 0.15) is 23.0 Å². The van der Waals surface area contributed by atoms with Gasteiger partial charge in [-0.25, -0.2) is 0 Å². The standard InChI is InChI=1S/C12H13N3O/c1-2-15-7-6-10-11-8(12(15)16)4-3-5-9(11)13-14-10/h3-5H,2,6-7H2,1H3,(H,13,14). The molecule has 2 heterocycles. The summed E-state index contributed by atoms with van der Waals surface area (Å²) in [6.45, 7) is 3.53. The molecule has 0 saturated carbocycles. The molecule has 3 rings (SSSR count). The van der Waals surface area contributed by atoms with Crippen molar-refractivity contribution < 1.29 is 4.79 Å². The Hall–Kier alpha value is -1.84. The van der Waals surface area contributed by atoms with E-state index in [-0.39, 0.29) is 5.91 Å². The molecule has 16 heavy (non-hydrogen) atoms. The minimum Gasteiger partial charge on any atom is -0.339 e. The number of likely N-dealkylation sites (N-methyl/N-ethyl adjacent to an activating group) is 1. The zero-order chi connectivity index (χ0) is 11.1. The zero-order valence-electron chi connectivity index (χ0n) is 9.16. The molecule has 4 nitrogen and oxygen atoms in total. The summed E-state index contributed by atoms with van der Waals surface area (Å²) in [7, 11) is 0. The van der Waals surface area contributed by atoms with Crippen molar-refractivity contribution in [3.05, 3.63) is 29.5 Å². The Balaban J connectivity index is 2.28. The molecule has 2 aromatic rings. The van der Waals surface area contributed by atoms with E-state index in [4.69, 9.17) is 0 Å². The lowest BCUT2D eigenvalue weighted by Crippen LogP contribution is -2.31. The second-order valence-electron chi connectivity index (χ2n) is 4.04. The molecule has 0 aliphatic carbocycles. The van der Waals surface area contributed by atoms with Crippen LogP contribution < -0.4 is 0 Å². The lowest BCUT2D eigenvalue weighted by atomic mass is 10.1. The van der Waals surface area contributed by atoms with Crippen molar-refractivity contribution >= 4 is 16.8 Å². The number of H-pyrrole nitrogens is 1. The van der Waals surface area contributed by atoms with Crippen LogP contribution in [0.5, 0.6) is 0 Å². The van der Waals surface area contributed by atoms with Crippen molar-refractivity contribution in [2.24, 2.45) is 0 Å². The maximum Gasteiger partial charge on any atom is 0.254 e. The number of hydrogen-bond donors (Lipinski definition) is 1. The molecule has 1 aromatic heterocycles. The van der Waals surface area contributed by atoms with Gasteiger partial charge in [0.05, 0.1) is 11.1 Å². The molecule has 1 aromatic carbocycles. The molecule has 0 bridgehead atoms. The van der Waals surface area contributed by atoms with Crippen LogP contribution in [0.3, 0.4) is 0 Å². The van der Waals surface area contributed by atoms with Crippen molar-refractivity contribution in [1.82, 2.24) is 15.1 Å². The van der Waals surface area contributed by atoms with Crippen LogP contribution in [0.15, 0.2) is 18.2 Å². The van der Waals surface area contributed by atoms with E-state index in [9.17, 15) is 4.79 Å². The van der Waals surface area contributed by atoms with E-state index in [0.717, 1.165) is 41.7 Å². The van der Waals surface area contributed by atoms with E-state index in [1.165, 1.54) is 0 Å². The summed E-state index contributed by atoms with van der Waals surface area (Å²) in [6.07, 6.45) is 0.854. The summed E-state index contributed by atoms with van der Waals surface area (Å²) in [5, 5.41) is 8.26. The van der Waals surface area contributed by atoms with Crippen LogP contribution >= 0.6 is 0 Å². The van der Waals surface area contributed by atoms with Crippen LogP contribution in [0, 0.1) is 0 Å². The Morgan fingerprint density at radius 1 is 1.50 bits per heavy atom. The van der Waals surface area contributed by atoms with E-state index >= 15 is 0 Å². The van der Waals surface area contributed by atoms with Crippen LogP contribution in [0.25, 0.3) is 10.9 Å². The number of carbonyl (C=O) groups is 1. The molecule has 0 spiro atoms. The predicted molar refractivity (Wildman–Crippen MR) is 61.4 cm³/mol. The van der Waals surface area contributed by atoms with Gasteiger partial charge >= 0.3 is 0 Å². The quantitative estimate of drug-likeness (QED) is 0.785. The number of aromatic amines is 1. The smallest absolute Gasteiger partial charge is 0.254 e. The average Bonchev–Trinajstić information content (AvgIpc) is 2.66. The molecular weight excluding hydrogens is 202 g/mol. The van der Waals surface area contributed by atoms with Gasteiger partial charge in [-0.15, -0.1) is 0 Å². The fraction of sp³-hybridized carbons (Fsp3) is 0.333. The molecule has 1 aliphatic rings. The van der Waals surface area contributed by atoms with Gasteiger partial charge in [-0.1, -0.05) is 6.07 Å². The number of hydrogen-bond acceptors (Lipinski definition) is 2. The Morgan fingerprint density at radius 2 is 2.38 bits per heavy atom. The lowest BCUT2D eigenvalue weighted by Gasteiger charge is -2.18. The Labute approximate surface area is 93.3 Å². The summed E-state index contributed by atoms with van der Waals surface area (Å²) in [6, 6.07) is 5.71. The van der Waals surface area contributed by atoms with Crippen LogP contribution in [-0.2, 0) is 6.42 Å². The number of carbonyl (C=O) groups excluding carboxylic acids is 1. The predicted octanol–water partition coefficient (Wildman–Crippen LogP) is 1.58. The first-order chi connectivity index (χ1) is 7.81. The Morgan fingerprint density at radius 3 is 3.19 bits per heavy atom. The second-order valence-corrected chi connectivity index (χ2v) is 4.04. The molecule has 1 N–H and O–H groups in total. The van der Waals surface area contributed by atoms with E-state index in [0.29, 0.717) is 0 Å². The Bertz CT molecular complexity index is 558. The maximum atomic E-state index is 12.2. The van der Waals surface area contributed by atoms with Crippen LogP contribution in [0.4, 0.5) is 0 Å². The number of nitrogens with zero attached hydrogens (tertiary/aromatic N) is 2. The van der Waals surface area contributed by atoms with Gasteiger partial charge in [-0.05, 0) is 19.1 Å². The third-order valence-electron chi connectivity index (χ3n) is 3.19. The molecule has 1 aliphatic heterocycles. The maximum absolute atomic E-state index is 12.2. The highest BCUT2D eigenvalue weighted by Gasteiger charge is 2.23. The summed E-state index contributed by atoms with van der Waals surface area (Å²) in [4.78, 5) is 14.1. The van der Waals surface area contributed by atoms with Gasteiger partial charge in [-0.3, -0.25) is 9.89 Å². The fourth-order valence-electron chi connectivity index (χ4n) is 2.31.